The number of halogens is 2. The van der Waals surface area contributed by atoms with Gasteiger partial charge in [0.25, 0.3) is 0 Å². The Kier molecular flexibility index (Phi) is 4.39. The molecule has 0 fully saturated rings. The monoisotopic (exact) mass is 297 g/mol. The summed E-state index contributed by atoms with van der Waals surface area (Å²) in [4.78, 5) is 15.6. The van der Waals surface area contributed by atoms with Crippen molar-refractivity contribution in [2.45, 2.75) is 10.6 Å². The molecule has 1 N–H and O–H groups in total. The van der Waals surface area contributed by atoms with Crippen LogP contribution in [0, 0.1) is 5.82 Å². The highest BCUT2D eigenvalue weighted by Crippen LogP contribution is 2.24. The summed E-state index contributed by atoms with van der Waals surface area (Å²) in [7, 11) is 0. The number of aromatic carboxylic acids is 1. The lowest BCUT2D eigenvalue weighted by molar-refractivity contribution is 0.0691. The Balaban J connectivity index is 2.12. The van der Waals surface area contributed by atoms with Crippen LogP contribution in [0.2, 0.25) is 5.15 Å². The molecule has 19 heavy (non-hydrogen) atoms. The lowest BCUT2D eigenvalue weighted by Crippen LogP contribution is -2.00. The summed E-state index contributed by atoms with van der Waals surface area (Å²) in [5.74, 6) is -1.48. The second-order valence-electron chi connectivity index (χ2n) is 3.69. The molecular formula is C13H9ClFNO2S. The third kappa shape index (κ3) is 3.68. The third-order valence-electron chi connectivity index (χ3n) is 2.33. The fourth-order valence-corrected chi connectivity index (χ4v) is 2.47. The van der Waals surface area contributed by atoms with Crippen LogP contribution in [0.1, 0.15) is 16.1 Å². The molecule has 1 aromatic heterocycles. The average molecular weight is 298 g/mol. The molecule has 0 radical (unpaired) electrons. The number of carboxylic acid groups (broad SMARTS) is 1. The summed E-state index contributed by atoms with van der Waals surface area (Å²) in [5.41, 5.74) is 0.447. The fraction of sp³-hybridized carbons (Fsp3) is 0.0769. The summed E-state index contributed by atoms with van der Waals surface area (Å²) in [6.07, 6.45) is 0. The van der Waals surface area contributed by atoms with Crippen molar-refractivity contribution in [1.82, 2.24) is 4.98 Å². The van der Waals surface area contributed by atoms with Crippen molar-refractivity contribution in [2.24, 2.45) is 0 Å². The van der Waals surface area contributed by atoms with E-state index >= 15 is 0 Å². The Morgan fingerprint density at radius 3 is 2.84 bits per heavy atom. The maximum atomic E-state index is 13.2. The van der Waals surface area contributed by atoms with E-state index in [1.54, 1.807) is 12.1 Å². The van der Waals surface area contributed by atoms with Gasteiger partial charge in [0.15, 0.2) is 0 Å². The van der Waals surface area contributed by atoms with Gasteiger partial charge in [-0.05, 0) is 30.3 Å². The number of thioether (sulfide) groups is 1. The van der Waals surface area contributed by atoms with Crippen LogP contribution in [0.3, 0.4) is 0 Å². The van der Waals surface area contributed by atoms with E-state index in [2.05, 4.69) is 4.98 Å². The van der Waals surface area contributed by atoms with Gasteiger partial charge in [-0.3, -0.25) is 0 Å². The predicted molar refractivity (Wildman–Crippen MR) is 72.2 cm³/mol. The van der Waals surface area contributed by atoms with Crippen LogP contribution in [0.4, 0.5) is 4.39 Å². The largest absolute Gasteiger partial charge is 0.478 e. The summed E-state index contributed by atoms with van der Waals surface area (Å²) >= 11 is 7.14. The molecule has 3 nitrogen and oxygen atoms in total. The van der Waals surface area contributed by atoms with Crippen LogP contribution < -0.4 is 0 Å². The van der Waals surface area contributed by atoms with Crippen LogP contribution in [-0.4, -0.2) is 16.1 Å². The first-order valence-corrected chi connectivity index (χ1v) is 6.69. The molecule has 2 rings (SSSR count). The van der Waals surface area contributed by atoms with Crippen LogP contribution in [0.5, 0.6) is 0 Å². The summed E-state index contributed by atoms with van der Waals surface area (Å²) in [5, 5.41) is 9.24. The summed E-state index contributed by atoms with van der Waals surface area (Å²) < 4.78 is 13.2. The number of rotatable bonds is 4. The number of aromatic nitrogens is 1. The van der Waals surface area contributed by atoms with Gasteiger partial charge in [-0.15, -0.1) is 11.8 Å². The SMILES string of the molecule is O=C(O)c1cc(SCc2cccc(Cl)n2)ccc1F. The van der Waals surface area contributed by atoms with E-state index < -0.39 is 11.8 Å². The Labute approximate surface area is 118 Å². The average Bonchev–Trinajstić information content (AvgIpc) is 2.37. The van der Waals surface area contributed by atoms with E-state index in [0.29, 0.717) is 15.8 Å². The Morgan fingerprint density at radius 2 is 2.16 bits per heavy atom. The molecule has 0 spiro atoms. The fourth-order valence-electron chi connectivity index (χ4n) is 1.45. The van der Waals surface area contributed by atoms with Crippen LogP contribution in [0.25, 0.3) is 0 Å². The number of benzene rings is 1. The number of carboxylic acids is 1. The molecule has 2 aromatic rings. The zero-order chi connectivity index (χ0) is 13.8. The molecule has 0 bridgehead atoms. The van der Waals surface area contributed by atoms with Crippen LogP contribution in [-0.2, 0) is 5.75 Å². The van der Waals surface area contributed by atoms with E-state index in [-0.39, 0.29) is 5.56 Å². The Hall–Kier alpha value is -1.59. The lowest BCUT2D eigenvalue weighted by Gasteiger charge is -2.04. The van der Waals surface area contributed by atoms with Gasteiger partial charge in [0, 0.05) is 10.6 Å². The van der Waals surface area contributed by atoms with E-state index in [4.69, 9.17) is 16.7 Å². The van der Waals surface area contributed by atoms with Crippen LogP contribution >= 0.6 is 23.4 Å². The molecule has 0 aliphatic heterocycles. The van der Waals surface area contributed by atoms with Gasteiger partial charge in [-0.2, -0.15) is 0 Å². The molecule has 98 valence electrons. The van der Waals surface area contributed by atoms with Gasteiger partial charge < -0.3 is 5.11 Å². The van der Waals surface area contributed by atoms with Crippen LogP contribution in [0.15, 0.2) is 41.3 Å². The topological polar surface area (TPSA) is 50.2 Å². The molecule has 0 atom stereocenters. The highest BCUT2D eigenvalue weighted by molar-refractivity contribution is 7.98. The number of hydrogen-bond donors (Lipinski definition) is 1. The highest BCUT2D eigenvalue weighted by atomic mass is 35.5. The normalized spacial score (nSPS) is 10.4. The zero-order valence-electron chi connectivity index (χ0n) is 9.64. The van der Waals surface area contributed by atoms with Gasteiger partial charge in [0.2, 0.25) is 0 Å². The van der Waals surface area contributed by atoms with Gasteiger partial charge in [-0.25, -0.2) is 14.2 Å². The maximum Gasteiger partial charge on any atom is 0.338 e. The van der Waals surface area contributed by atoms with Crippen molar-refractivity contribution < 1.29 is 14.3 Å². The summed E-state index contributed by atoms with van der Waals surface area (Å²) in [6.45, 7) is 0. The number of pyridine rings is 1. The first-order chi connectivity index (χ1) is 9.06. The molecule has 0 aliphatic rings. The van der Waals surface area contributed by atoms with E-state index in [9.17, 15) is 9.18 Å². The number of carbonyl (C=O) groups is 1. The quantitative estimate of drug-likeness (QED) is 0.687. The molecule has 0 unspecified atom stereocenters. The molecule has 0 aliphatic carbocycles. The Morgan fingerprint density at radius 1 is 1.37 bits per heavy atom. The standard InChI is InChI=1S/C13H9ClFNO2S/c14-12-3-1-2-8(16-12)7-19-9-4-5-11(15)10(6-9)13(17)18/h1-6H,7H2,(H,17,18). The smallest absolute Gasteiger partial charge is 0.338 e. The molecule has 0 saturated carbocycles. The number of nitrogens with zero attached hydrogens (tertiary/aromatic N) is 1. The van der Waals surface area contributed by atoms with Crippen molar-refractivity contribution in [2.75, 3.05) is 0 Å². The summed E-state index contributed by atoms with van der Waals surface area (Å²) in [6, 6.07) is 9.29. The number of hydrogen-bond acceptors (Lipinski definition) is 3. The lowest BCUT2D eigenvalue weighted by atomic mass is 10.2. The predicted octanol–water partition coefficient (Wildman–Crippen LogP) is 3.86. The van der Waals surface area contributed by atoms with Crippen molar-refractivity contribution in [3.8, 4) is 0 Å². The van der Waals surface area contributed by atoms with Crippen molar-refractivity contribution in [3.63, 3.8) is 0 Å². The molecule has 0 saturated heterocycles. The minimum absolute atomic E-state index is 0.330. The van der Waals surface area contributed by atoms with E-state index in [1.165, 1.54) is 23.9 Å². The zero-order valence-corrected chi connectivity index (χ0v) is 11.2. The molecule has 1 heterocycles. The molecule has 1 aromatic carbocycles. The third-order valence-corrected chi connectivity index (χ3v) is 3.57. The highest BCUT2D eigenvalue weighted by Gasteiger charge is 2.11. The van der Waals surface area contributed by atoms with E-state index in [0.717, 1.165) is 11.8 Å². The minimum atomic E-state index is -1.28. The minimum Gasteiger partial charge on any atom is -0.478 e. The molecule has 6 heteroatoms. The van der Waals surface area contributed by atoms with Crippen molar-refractivity contribution in [1.29, 1.82) is 0 Å². The van der Waals surface area contributed by atoms with Gasteiger partial charge >= 0.3 is 5.97 Å². The van der Waals surface area contributed by atoms with Gasteiger partial charge in [0.05, 0.1) is 11.3 Å². The first-order valence-electron chi connectivity index (χ1n) is 5.33. The molecule has 0 amide bonds. The van der Waals surface area contributed by atoms with Crippen molar-refractivity contribution in [3.05, 3.63) is 58.6 Å². The van der Waals surface area contributed by atoms with E-state index in [1.807, 2.05) is 6.07 Å². The Bertz CT molecular complexity index is 621. The maximum absolute atomic E-state index is 13.2. The van der Waals surface area contributed by atoms with Gasteiger partial charge in [-0.1, -0.05) is 17.7 Å². The van der Waals surface area contributed by atoms with Gasteiger partial charge in [0.1, 0.15) is 11.0 Å². The second kappa shape index (κ2) is 6.04. The first kappa shape index (κ1) is 13.8. The van der Waals surface area contributed by atoms with Crippen molar-refractivity contribution >= 4 is 29.3 Å². The molecular weight excluding hydrogens is 289 g/mol. The second-order valence-corrected chi connectivity index (χ2v) is 5.12.